The maximum Gasteiger partial charge on any atom is 0.0333 e. The Morgan fingerprint density at radius 3 is 2.33 bits per heavy atom. The zero-order chi connectivity index (χ0) is 13.5. The lowest BCUT2D eigenvalue weighted by Gasteiger charge is -2.30. The number of hydrogen-bond donors (Lipinski definition) is 1. The van der Waals surface area contributed by atoms with Gasteiger partial charge >= 0.3 is 0 Å². The van der Waals surface area contributed by atoms with Crippen LogP contribution >= 0.6 is 0 Å². The summed E-state index contributed by atoms with van der Waals surface area (Å²) in [6.45, 7) is 12.4. The first kappa shape index (κ1) is 14.9. The number of nitrogens with zero attached hydrogens (tertiary/aromatic N) is 1. The first-order chi connectivity index (χ1) is 8.56. The van der Waals surface area contributed by atoms with E-state index in [9.17, 15) is 0 Å². The van der Waals surface area contributed by atoms with Gasteiger partial charge in [-0.05, 0) is 25.3 Å². The van der Waals surface area contributed by atoms with Crippen LogP contribution < -0.4 is 5.73 Å². The van der Waals surface area contributed by atoms with Gasteiger partial charge in [-0.3, -0.25) is 4.90 Å². The Balaban J connectivity index is 2.63. The van der Waals surface area contributed by atoms with Gasteiger partial charge in [0.1, 0.15) is 0 Å². The van der Waals surface area contributed by atoms with Gasteiger partial charge in [0.2, 0.25) is 0 Å². The molecule has 2 unspecified atom stereocenters. The highest BCUT2D eigenvalue weighted by Crippen LogP contribution is 2.20. The third-order valence-electron chi connectivity index (χ3n) is 3.41. The minimum absolute atomic E-state index is 0.0947. The molecule has 1 rings (SSSR count). The molecule has 0 fully saturated rings. The second-order valence-electron chi connectivity index (χ2n) is 5.25. The van der Waals surface area contributed by atoms with Crippen LogP contribution in [0.1, 0.15) is 32.4 Å². The van der Waals surface area contributed by atoms with Crippen LogP contribution in [-0.4, -0.2) is 24.0 Å². The topological polar surface area (TPSA) is 29.3 Å². The molecule has 0 aliphatic rings. The van der Waals surface area contributed by atoms with E-state index in [1.807, 2.05) is 24.3 Å². The van der Waals surface area contributed by atoms with Gasteiger partial charge in [0.05, 0.1) is 0 Å². The number of rotatable bonds is 7. The van der Waals surface area contributed by atoms with Crippen LogP contribution in [0.3, 0.4) is 0 Å². The Morgan fingerprint density at radius 1 is 1.22 bits per heavy atom. The number of nitrogens with two attached hydrogens (primary N) is 1. The average Bonchev–Trinajstić information content (AvgIpc) is 2.38. The SMILES string of the molecule is C=CCN(CC(C)C(N)c1ccccc1)C(C)C. The molecule has 18 heavy (non-hydrogen) atoms. The molecule has 0 aromatic heterocycles. The summed E-state index contributed by atoms with van der Waals surface area (Å²) in [6, 6.07) is 10.9. The Kier molecular flexibility index (Phi) is 6.10. The lowest BCUT2D eigenvalue weighted by molar-refractivity contribution is 0.200. The lowest BCUT2D eigenvalue weighted by atomic mass is 9.94. The molecule has 0 spiro atoms. The van der Waals surface area contributed by atoms with Crippen LogP contribution in [0.4, 0.5) is 0 Å². The molecule has 0 radical (unpaired) electrons. The molecule has 0 heterocycles. The van der Waals surface area contributed by atoms with Crippen LogP contribution in [-0.2, 0) is 0 Å². The monoisotopic (exact) mass is 246 g/mol. The van der Waals surface area contributed by atoms with Crippen molar-refractivity contribution in [2.75, 3.05) is 13.1 Å². The molecule has 0 aliphatic heterocycles. The zero-order valence-electron chi connectivity index (χ0n) is 11.8. The van der Waals surface area contributed by atoms with E-state index in [4.69, 9.17) is 5.73 Å². The first-order valence-corrected chi connectivity index (χ1v) is 6.71. The Labute approximate surface area is 111 Å². The third-order valence-corrected chi connectivity index (χ3v) is 3.41. The molecule has 0 aliphatic carbocycles. The van der Waals surface area contributed by atoms with Gasteiger partial charge in [-0.25, -0.2) is 0 Å². The van der Waals surface area contributed by atoms with Gasteiger partial charge in [0, 0.05) is 25.2 Å². The molecule has 2 nitrogen and oxygen atoms in total. The van der Waals surface area contributed by atoms with Gasteiger partial charge in [0.25, 0.3) is 0 Å². The van der Waals surface area contributed by atoms with E-state index in [1.165, 1.54) is 5.56 Å². The van der Waals surface area contributed by atoms with Crippen LogP contribution in [0.15, 0.2) is 43.0 Å². The fourth-order valence-corrected chi connectivity index (χ4v) is 2.15. The van der Waals surface area contributed by atoms with Crippen molar-refractivity contribution < 1.29 is 0 Å². The lowest BCUT2D eigenvalue weighted by Crippen LogP contribution is -2.38. The summed E-state index contributed by atoms with van der Waals surface area (Å²) >= 11 is 0. The largest absolute Gasteiger partial charge is 0.324 e. The summed E-state index contributed by atoms with van der Waals surface area (Å²) in [7, 11) is 0. The highest BCUT2D eigenvalue weighted by atomic mass is 15.1. The van der Waals surface area contributed by atoms with Gasteiger partial charge in [0.15, 0.2) is 0 Å². The average molecular weight is 246 g/mol. The molecule has 0 amide bonds. The maximum atomic E-state index is 6.33. The van der Waals surface area contributed by atoms with Gasteiger partial charge in [-0.2, -0.15) is 0 Å². The summed E-state index contributed by atoms with van der Waals surface area (Å²) < 4.78 is 0. The molecule has 1 aromatic carbocycles. The van der Waals surface area contributed by atoms with Crippen molar-refractivity contribution in [2.45, 2.75) is 32.9 Å². The smallest absolute Gasteiger partial charge is 0.0333 e. The molecule has 0 bridgehead atoms. The van der Waals surface area contributed by atoms with Gasteiger partial charge < -0.3 is 5.73 Å². The summed E-state index contributed by atoms with van der Waals surface area (Å²) in [6.07, 6.45) is 1.96. The van der Waals surface area contributed by atoms with Crippen molar-refractivity contribution in [3.8, 4) is 0 Å². The van der Waals surface area contributed by atoms with Crippen molar-refractivity contribution in [3.05, 3.63) is 48.6 Å². The molecule has 0 saturated heterocycles. The normalized spacial score (nSPS) is 14.8. The zero-order valence-corrected chi connectivity index (χ0v) is 11.8. The molecular formula is C16H26N2. The molecule has 2 heteroatoms. The molecule has 100 valence electrons. The molecule has 0 saturated carbocycles. The van der Waals surface area contributed by atoms with Crippen molar-refractivity contribution >= 4 is 0 Å². The molecular weight excluding hydrogens is 220 g/mol. The second-order valence-corrected chi connectivity index (χ2v) is 5.25. The van der Waals surface area contributed by atoms with Crippen LogP contribution in [0.2, 0.25) is 0 Å². The van der Waals surface area contributed by atoms with Gasteiger partial charge in [-0.15, -0.1) is 6.58 Å². The standard InChI is InChI=1S/C16H26N2/c1-5-11-18(13(2)3)12-14(4)16(17)15-9-7-6-8-10-15/h5-10,13-14,16H,1,11-12,17H2,2-4H3. The van der Waals surface area contributed by atoms with E-state index >= 15 is 0 Å². The summed E-state index contributed by atoms with van der Waals surface area (Å²) in [5, 5.41) is 0. The molecule has 1 aromatic rings. The van der Waals surface area contributed by atoms with Gasteiger partial charge in [-0.1, -0.05) is 43.3 Å². The highest BCUT2D eigenvalue weighted by Gasteiger charge is 2.18. The van der Waals surface area contributed by atoms with E-state index in [0.717, 1.165) is 13.1 Å². The predicted molar refractivity (Wildman–Crippen MR) is 79.4 cm³/mol. The fourth-order valence-electron chi connectivity index (χ4n) is 2.15. The maximum absolute atomic E-state index is 6.33. The van der Waals surface area contributed by atoms with Crippen molar-refractivity contribution in [1.82, 2.24) is 4.90 Å². The molecule has 2 atom stereocenters. The third kappa shape index (κ3) is 4.28. The second kappa shape index (κ2) is 7.34. The van der Waals surface area contributed by atoms with Crippen LogP contribution in [0.25, 0.3) is 0 Å². The summed E-state index contributed by atoms with van der Waals surface area (Å²) in [5.74, 6) is 0.426. The van der Waals surface area contributed by atoms with Crippen LogP contribution in [0, 0.1) is 5.92 Å². The minimum atomic E-state index is 0.0947. The van der Waals surface area contributed by atoms with Crippen molar-refractivity contribution in [2.24, 2.45) is 11.7 Å². The van der Waals surface area contributed by atoms with E-state index in [1.54, 1.807) is 0 Å². The van der Waals surface area contributed by atoms with E-state index in [-0.39, 0.29) is 6.04 Å². The Hall–Kier alpha value is -1.12. The van der Waals surface area contributed by atoms with E-state index in [0.29, 0.717) is 12.0 Å². The number of benzene rings is 1. The quantitative estimate of drug-likeness (QED) is 0.749. The molecule has 2 N–H and O–H groups in total. The summed E-state index contributed by atoms with van der Waals surface area (Å²) in [5.41, 5.74) is 7.55. The summed E-state index contributed by atoms with van der Waals surface area (Å²) in [4.78, 5) is 2.40. The van der Waals surface area contributed by atoms with Crippen molar-refractivity contribution in [3.63, 3.8) is 0 Å². The van der Waals surface area contributed by atoms with Crippen molar-refractivity contribution in [1.29, 1.82) is 0 Å². The predicted octanol–water partition coefficient (Wildman–Crippen LogP) is 3.22. The highest BCUT2D eigenvalue weighted by molar-refractivity contribution is 5.19. The minimum Gasteiger partial charge on any atom is -0.324 e. The van der Waals surface area contributed by atoms with E-state index < -0.39 is 0 Å². The Morgan fingerprint density at radius 2 is 1.83 bits per heavy atom. The fraction of sp³-hybridized carbons (Fsp3) is 0.500. The van der Waals surface area contributed by atoms with Crippen LogP contribution in [0.5, 0.6) is 0 Å². The first-order valence-electron chi connectivity index (χ1n) is 6.71. The number of hydrogen-bond acceptors (Lipinski definition) is 2. The Bertz CT molecular complexity index is 345. The van der Waals surface area contributed by atoms with E-state index in [2.05, 4.69) is 44.4 Å².